The van der Waals surface area contributed by atoms with Gasteiger partial charge in [0.25, 0.3) is 5.56 Å². The van der Waals surface area contributed by atoms with Crippen LogP contribution in [0, 0.1) is 0 Å². The quantitative estimate of drug-likeness (QED) is 0.358. The Labute approximate surface area is 207 Å². The Bertz CT molecular complexity index is 1160. The van der Waals surface area contributed by atoms with Gasteiger partial charge in [-0.2, -0.15) is 8.78 Å². The van der Waals surface area contributed by atoms with Crippen LogP contribution in [0.5, 0.6) is 0 Å². The SMILES string of the molecule is CC(C)(C)OC(=O)N1CC(c2ccc(Cl)c(Sc3cc(C(F)(F)Cl)[nH]c(=O)c3C=O)c2Cl)C1. The van der Waals surface area contributed by atoms with Gasteiger partial charge in [0.1, 0.15) is 11.3 Å². The van der Waals surface area contributed by atoms with E-state index in [1.54, 1.807) is 32.9 Å². The largest absolute Gasteiger partial charge is 0.444 e. The number of benzene rings is 1. The number of aromatic amines is 1. The van der Waals surface area contributed by atoms with E-state index in [9.17, 15) is 23.2 Å². The average Bonchev–Trinajstić information content (AvgIpc) is 2.63. The van der Waals surface area contributed by atoms with Gasteiger partial charge in [0.15, 0.2) is 6.29 Å². The summed E-state index contributed by atoms with van der Waals surface area (Å²) in [5, 5.41) is -3.41. The lowest BCUT2D eigenvalue weighted by Gasteiger charge is -2.40. The number of amides is 1. The Hall–Kier alpha value is -1.81. The zero-order valence-corrected chi connectivity index (χ0v) is 20.8. The molecule has 0 atom stereocenters. The van der Waals surface area contributed by atoms with Gasteiger partial charge in [-0.15, -0.1) is 0 Å². The normalized spacial score (nSPS) is 14.7. The van der Waals surface area contributed by atoms with E-state index in [4.69, 9.17) is 39.5 Å². The third-order valence-electron chi connectivity index (χ3n) is 4.72. The standard InChI is InChI=1S/C21H19Cl3F2N2O4S/c1-20(2,3)32-19(31)28-7-10(8-28)11-4-5-13(22)17(16(11)23)33-14-6-15(21(24,25)26)27-18(30)12(14)9-29/h4-6,9-10H,7-8H2,1-3H3,(H,27,30). The molecule has 0 spiro atoms. The van der Waals surface area contributed by atoms with Gasteiger partial charge in [0.05, 0.1) is 15.6 Å². The number of hydrogen-bond acceptors (Lipinski definition) is 5. The highest BCUT2D eigenvalue weighted by atomic mass is 35.5. The predicted molar refractivity (Wildman–Crippen MR) is 123 cm³/mol. The first-order valence-electron chi connectivity index (χ1n) is 9.64. The number of aldehydes is 1. The second-order valence-corrected chi connectivity index (χ2v) is 10.7. The van der Waals surface area contributed by atoms with Crippen molar-refractivity contribution in [2.24, 2.45) is 0 Å². The van der Waals surface area contributed by atoms with Gasteiger partial charge in [-0.1, -0.05) is 41.0 Å². The zero-order chi connectivity index (χ0) is 24.7. The van der Waals surface area contributed by atoms with E-state index in [-0.39, 0.29) is 37.6 Å². The molecule has 0 bridgehead atoms. The van der Waals surface area contributed by atoms with Crippen molar-refractivity contribution in [2.45, 2.75) is 47.5 Å². The number of halogens is 5. The van der Waals surface area contributed by atoms with Gasteiger partial charge in [-0.25, -0.2) is 4.79 Å². The van der Waals surface area contributed by atoms with Crippen LogP contribution >= 0.6 is 46.6 Å². The number of hydrogen-bond donors (Lipinski definition) is 1. The van der Waals surface area contributed by atoms with Crippen LogP contribution in [0.15, 0.2) is 32.8 Å². The summed E-state index contributed by atoms with van der Waals surface area (Å²) in [5.41, 5.74) is -2.17. The molecule has 6 nitrogen and oxygen atoms in total. The molecule has 1 aromatic heterocycles. The number of rotatable bonds is 5. The maximum Gasteiger partial charge on any atom is 0.410 e. The van der Waals surface area contributed by atoms with Crippen LogP contribution in [0.25, 0.3) is 0 Å². The van der Waals surface area contributed by atoms with E-state index >= 15 is 0 Å². The van der Waals surface area contributed by atoms with Crippen molar-refractivity contribution in [1.82, 2.24) is 9.88 Å². The van der Waals surface area contributed by atoms with Gasteiger partial charge in [0.2, 0.25) is 0 Å². The van der Waals surface area contributed by atoms with Crippen LogP contribution in [-0.2, 0) is 10.1 Å². The second kappa shape index (κ2) is 9.44. The van der Waals surface area contributed by atoms with Crippen molar-refractivity contribution in [2.75, 3.05) is 13.1 Å². The predicted octanol–water partition coefficient (Wildman–Crippen LogP) is 6.27. The summed E-state index contributed by atoms with van der Waals surface area (Å²) < 4.78 is 32.5. The van der Waals surface area contributed by atoms with E-state index in [1.165, 1.54) is 4.90 Å². The van der Waals surface area contributed by atoms with Crippen molar-refractivity contribution >= 4 is 58.9 Å². The highest BCUT2D eigenvalue weighted by molar-refractivity contribution is 7.99. The number of nitrogens with zero attached hydrogens (tertiary/aromatic N) is 1. The van der Waals surface area contributed by atoms with Crippen LogP contribution in [0.1, 0.15) is 48.3 Å². The third-order valence-corrected chi connectivity index (χ3v) is 7.06. The highest BCUT2D eigenvalue weighted by Gasteiger charge is 2.36. The van der Waals surface area contributed by atoms with Gasteiger partial charge >= 0.3 is 11.5 Å². The van der Waals surface area contributed by atoms with Gasteiger partial charge in [-0.05, 0) is 50.1 Å². The van der Waals surface area contributed by atoms with Gasteiger partial charge < -0.3 is 14.6 Å². The smallest absolute Gasteiger partial charge is 0.410 e. The van der Waals surface area contributed by atoms with Gasteiger partial charge in [-0.3, -0.25) is 9.59 Å². The molecule has 1 saturated heterocycles. The molecule has 1 aliphatic rings. The lowest BCUT2D eigenvalue weighted by molar-refractivity contribution is 0.00817. The molecule has 178 valence electrons. The molecule has 2 heterocycles. The van der Waals surface area contributed by atoms with Crippen LogP contribution in [0.4, 0.5) is 13.6 Å². The van der Waals surface area contributed by atoms with Crippen molar-refractivity contribution in [1.29, 1.82) is 0 Å². The lowest BCUT2D eigenvalue weighted by atomic mass is 9.92. The Kier molecular flexibility index (Phi) is 7.39. The minimum absolute atomic E-state index is 0.0750. The minimum Gasteiger partial charge on any atom is -0.444 e. The van der Waals surface area contributed by atoms with Crippen molar-refractivity contribution in [3.8, 4) is 0 Å². The topological polar surface area (TPSA) is 79.5 Å². The summed E-state index contributed by atoms with van der Waals surface area (Å²) in [4.78, 5) is 39.4. The number of H-pyrrole nitrogens is 1. The molecule has 1 amide bonds. The average molecular weight is 540 g/mol. The molecule has 2 aromatic rings. The highest BCUT2D eigenvalue weighted by Crippen LogP contribution is 2.45. The third kappa shape index (κ3) is 5.82. The molecule has 0 aliphatic carbocycles. The first-order valence-corrected chi connectivity index (χ1v) is 11.6. The van der Waals surface area contributed by atoms with E-state index in [0.29, 0.717) is 18.7 Å². The summed E-state index contributed by atoms with van der Waals surface area (Å²) in [6.45, 7) is 6.06. The van der Waals surface area contributed by atoms with Crippen molar-refractivity contribution in [3.63, 3.8) is 0 Å². The Morgan fingerprint density at radius 1 is 1.27 bits per heavy atom. The molecule has 0 radical (unpaired) electrons. The number of nitrogens with one attached hydrogen (secondary N) is 1. The first-order chi connectivity index (χ1) is 15.2. The molecule has 1 N–H and O–H groups in total. The molecule has 1 aliphatic heterocycles. The summed E-state index contributed by atoms with van der Waals surface area (Å²) in [6.07, 6.45) is -0.180. The summed E-state index contributed by atoms with van der Waals surface area (Å²) in [7, 11) is 0. The fraction of sp³-hybridized carbons (Fsp3) is 0.381. The van der Waals surface area contributed by atoms with E-state index in [1.807, 2.05) is 4.98 Å². The molecule has 12 heteroatoms. The number of carbonyl (C=O) groups excluding carboxylic acids is 2. The van der Waals surface area contributed by atoms with Crippen LogP contribution in [-0.4, -0.2) is 41.0 Å². The fourth-order valence-electron chi connectivity index (χ4n) is 3.11. The lowest BCUT2D eigenvalue weighted by Crippen LogP contribution is -2.50. The van der Waals surface area contributed by atoms with Crippen LogP contribution < -0.4 is 5.56 Å². The number of ether oxygens (including phenoxy) is 1. The molecule has 33 heavy (non-hydrogen) atoms. The maximum absolute atomic E-state index is 13.6. The molecule has 1 fully saturated rings. The molecular formula is C21H19Cl3F2N2O4S. The number of likely N-dealkylation sites (tertiary alicyclic amines) is 1. The van der Waals surface area contributed by atoms with Crippen molar-refractivity contribution < 1.29 is 23.1 Å². The summed E-state index contributed by atoms with van der Waals surface area (Å²) in [5.74, 6) is -0.103. The Balaban J connectivity index is 1.90. The maximum atomic E-state index is 13.6. The molecule has 0 saturated carbocycles. The molecular weight excluding hydrogens is 521 g/mol. The summed E-state index contributed by atoms with van der Waals surface area (Å²) >= 11 is 18.7. The van der Waals surface area contributed by atoms with Crippen LogP contribution in [0.3, 0.4) is 0 Å². The fourth-order valence-corrected chi connectivity index (χ4v) is 4.99. The van der Waals surface area contributed by atoms with E-state index < -0.39 is 28.3 Å². The summed E-state index contributed by atoms with van der Waals surface area (Å²) in [6, 6.07) is 4.20. The number of aromatic nitrogens is 1. The molecule has 1 aromatic carbocycles. The van der Waals surface area contributed by atoms with E-state index in [2.05, 4.69) is 0 Å². The number of carbonyl (C=O) groups is 2. The van der Waals surface area contributed by atoms with E-state index in [0.717, 1.165) is 17.8 Å². The molecule has 3 rings (SSSR count). The Morgan fingerprint density at radius 2 is 1.91 bits per heavy atom. The van der Waals surface area contributed by atoms with Crippen molar-refractivity contribution in [3.05, 3.63) is 55.4 Å². The zero-order valence-electron chi connectivity index (χ0n) is 17.7. The monoisotopic (exact) mass is 538 g/mol. The second-order valence-electron chi connectivity index (χ2n) is 8.37. The molecule has 0 unspecified atom stereocenters. The van der Waals surface area contributed by atoms with Crippen LogP contribution in [0.2, 0.25) is 10.0 Å². The first kappa shape index (κ1) is 25.8. The van der Waals surface area contributed by atoms with Gasteiger partial charge in [0, 0.05) is 28.8 Å². The number of alkyl halides is 3. The minimum atomic E-state index is -3.84. The number of pyridine rings is 1. The Morgan fingerprint density at radius 3 is 2.45 bits per heavy atom.